The Labute approximate surface area is 308 Å². The summed E-state index contributed by atoms with van der Waals surface area (Å²) in [6.07, 6.45) is 5.03. The van der Waals surface area contributed by atoms with E-state index in [0.29, 0.717) is 54.4 Å². The van der Waals surface area contributed by atoms with Gasteiger partial charge in [0, 0.05) is 69.0 Å². The molecule has 3 aromatic heterocycles. The first-order valence-electron chi connectivity index (χ1n) is 18.9. The highest BCUT2D eigenvalue weighted by atomic mass is 19.4. The third-order valence-electron chi connectivity index (χ3n) is 10.9. The fourth-order valence-electron chi connectivity index (χ4n) is 8.07. The summed E-state index contributed by atoms with van der Waals surface area (Å²) in [6.45, 7) is 5.98. The smallest absolute Gasteiger partial charge is 0.418 e. The molecule has 7 rings (SSSR count). The Morgan fingerprint density at radius 3 is 2.43 bits per heavy atom. The maximum Gasteiger partial charge on any atom is 0.418 e. The Bertz CT molecular complexity index is 1880. The number of halogens is 3. The van der Waals surface area contributed by atoms with E-state index in [9.17, 15) is 18.0 Å². The van der Waals surface area contributed by atoms with E-state index in [1.807, 2.05) is 44.3 Å². The fraction of sp³-hybridized carbons (Fsp3) is 0.550. The summed E-state index contributed by atoms with van der Waals surface area (Å²) in [5.41, 5.74) is 2.88. The van der Waals surface area contributed by atoms with E-state index < -0.39 is 11.7 Å². The van der Waals surface area contributed by atoms with Crippen molar-refractivity contribution in [1.29, 1.82) is 0 Å². The summed E-state index contributed by atoms with van der Waals surface area (Å²) in [4.78, 5) is 33.7. The third kappa shape index (κ3) is 8.62. The summed E-state index contributed by atoms with van der Waals surface area (Å²) in [5.74, 6) is 1.06. The molecule has 53 heavy (non-hydrogen) atoms. The van der Waals surface area contributed by atoms with Crippen molar-refractivity contribution in [2.75, 3.05) is 58.5 Å². The average Bonchev–Trinajstić information content (AvgIpc) is 3.74. The average molecular weight is 735 g/mol. The Kier molecular flexibility index (Phi) is 10.9. The van der Waals surface area contributed by atoms with Crippen molar-refractivity contribution >= 4 is 22.8 Å². The van der Waals surface area contributed by atoms with E-state index in [1.165, 1.54) is 12.3 Å². The molecule has 1 N–H and O–H groups in total. The van der Waals surface area contributed by atoms with Gasteiger partial charge in [-0.15, -0.1) is 0 Å². The Balaban J connectivity index is 1.14. The number of hydrogen-bond donors (Lipinski definition) is 1. The van der Waals surface area contributed by atoms with Crippen LogP contribution in [0.1, 0.15) is 81.9 Å². The molecule has 4 heterocycles. The number of aromatic nitrogens is 4. The number of alkyl halides is 3. The molecule has 3 aliphatic rings. The topological polar surface area (TPSA) is 106 Å². The molecule has 0 amide bonds. The minimum Gasteiger partial charge on any atom is -0.490 e. The van der Waals surface area contributed by atoms with Crippen LogP contribution in [-0.2, 0) is 20.4 Å². The minimum atomic E-state index is -4.52. The van der Waals surface area contributed by atoms with Crippen molar-refractivity contribution in [1.82, 2.24) is 24.8 Å². The highest BCUT2D eigenvalue weighted by molar-refractivity contribution is 5.91. The van der Waals surface area contributed by atoms with Crippen LogP contribution in [-0.4, -0.2) is 90.5 Å². The molecule has 0 bridgehead atoms. The molecule has 0 unspecified atom stereocenters. The number of aromatic amines is 1. The second-order valence-corrected chi connectivity index (χ2v) is 15.0. The summed E-state index contributed by atoms with van der Waals surface area (Å²) in [5, 5.41) is 0. The molecule has 0 spiro atoms. The van der Waals surface area contributed by atoms with Gasteiger partial charge in [-0.1, -0.05) is 12.8 Å². The molecule has 2 aliphatic carbocycles. The van der Waals surface area contributed by atoms with Crippen molar-refractivity contribution in [3.63, 3.8) is 0 Å². The lowest BCUT2D eigenvalue weighted by atomic mass is 9.86. The molecule has 2 saturated carbocycles. The Morgan fingerprint density at radius 1 is 1.04 bits per heavy atom. The Hall–Kier alpha value is -4.23. The number of nitrogens with zero attached hydrogens (tertiary/aromatic N) is 5. The van der Waals surface area contributed by atoms with Crippen LogP contribution in [0.5, 0.6) is 5.75 Å². The molecular weight excluding hydrogens is 685 g/mol. The van der Waals surface area contributed by atoms with E-state index in [2.05, 4.69) is 19.8 Å². The number of methoxy groups -OCH3 is 1. The standard InChI is InChI=1S/C40H49F3N6O4/c1-4-52-34(50)15-20-49-18-13-30(14-19-49)53-29-11-9-27(10-12-29)37-46-36-33(48(2)24-39(25-51-3)16-5-6-17-39)22-32(45-38(36)47-37)28-21-31(40(41,42)43)35(44-23-28)26-7-8-26/h9-12,21-23,26,30H,4-8,13-20,24-25H2,1-3H3,(H,45,46,47). The van der Waals surface area contributed by atoms with E-state index in [-0.39, 0.29) is 29.1 Å². The lowest BCUT2D eigenvalue weighted by Gasteiger charge is -2.34. The largest absolute Gasteiger partial charge is 0.490 e. The SMILES string of the molecule is CCOC(=O)CCN1CCC(Oc2ccc(-c3nc4nc(-c5cnc(C6CC6)c(C(F)(F)F)c5)cc(N(C)CC5(COC)CCCC5)c4[nH]3)cc2)CC1. The normalized spacial score (nSPS) is 18.1. The number of esters is 1. The van der Waals surface area contributed by atoms with Gasteiger partial charge in [0.15, 0.2) is 5.65 Å². The van der Waals surface area contributed by atoms with Crippen molar-refractivity contribution < 1.29 is 32.2 Å². The maximum atomic E-state index is 14.3. The second-order valence-electron chi connectivity index (χ2n) is 15.0. The maximum absolute atomic E-state index is 14.3. The number of carbonyl (C=O) groups is 1. The van der Waals surface area contributed by atoms with Crippen LogP contribution in [0, 0.1) is 5.41 Å². The predicted molar refractivity (Wildman–Crippen MR) is 197 cm³/mol. The van der Waals surface area contributed by atoms with Crippen molar-refractivity contribution in [2.24, 2.45) is 5.41 Å². The van der Waals surface area contributed by atoms with Gasteiger partial charge in [0.1, 0.15) is 23.2 Å². The number of pyridine rings is 2. The van der Waals surface area contributed by atoms with Gasteiger partial charge < -0.3 is 29.0 Å². The number of rotatable bonds is 14. The zero-order chi connectivity index (χ0) is 37.2. The van der Waals surface area contributed by atoms with E-state index in [1.54, 1.807) is 7.11 Å². The van der Waals surface area contributed by atoms with Gasteiger partial charge in [0.05, 0.1) is 42.3 Å². The predicted octanol–water partition coefficient (Wildman–Crippen LogP) is 8.02. The highest BCUT2D eigenvalue weighted by Crippen LogP contribution is 2.46. The summed E-state index contributed by atoms with van der Waals surface area (Å²) in [6, 6.07) is 10.8. The number of carbonyl (C=O) groups excluding carboxylic acids is 1. The van der Waals surface area contributed by atoms with Crippen LogP contribution in [0.25, 0.3) is 33.8 Å². The van der Waals surface area contributed by atoms with E-state index in [0.717, 1.165) is 88.0 Å². The first-order chi connectivity index (χ1) is 25.5. The van der Waals surface area contributed by atoms with Gasteiger partial charge in [-0.2, -0.15) is 13.2 Å². The number of likely N-dealkylation sites (tertiary alicyclic amines) is 1. The lowest BCUT2D eigenvalue weighted by molar-refractivity contribution is -0.143. The molecule has 0 atom stereocenters. The van der Waals surface area contributed by atoms with Crippen LogP contribution in [0.4, 0.5) is 18.9 Å². The molecule has 0 radical (unpaired) electrons. The number of nitrogens with one attached hydrogen (secondary N) is 1. The van der Waals surface area contributed by atoms with Gasteiger partial charge in [-0.05, 0) is 81.8 Å². The molecular formula is C40H49F3N6O4. The molecule has 284 valence electrons. The quantitative estimate of drug-likeness (QED) is 0.129. The number of imidazole rings is 1. The molecule has 13 heteroatoms. The Morgan fingerprint density at radius 2 is 1.77 bits per heavy atom. The van der Waals surface area contributed by atoms with Crippen molar-refractivity contribution in [2.45, 2.75) is 82.9 Å². The van der Waals surface area contributed by atoms with Crippen molar-refractivity contribution in [3.8, 4) is 28.4 Å². The van der Waals surface area contributed by atoms with E-state index >= 15 is 0 Å². The first-order valence-corrected chi connectivity index (χ1v) is 18.9. The number of H-pyrrole nitrogens is 1. The van der Waals surface area contributed by atoms with Crippen LogP contribution < -0.4 is 9.64 Å². The number of piperidine rings is 1. The summed E-state index contributed by atoms with van der Waals surface area (Å²) in [7, 11) is 3.75. The van der Waals surface area contributed by atoms with Crippen LogP contribution in [0.2, 0.25) is 0 Å². The van der Waals surface area contributed by atoms with Gasteiger partial charge >= 0.3 is 12.1 Å². The number of ether oxygens (including phenoxy) is 3. The molecule has 10 nitrogen and oxygen atoms in total. The van der Waals surface area contributed by atoms with Gasteiger partial charge in [0.25, 0.3) is 0 Å². The molecule has 4 aromatic rings. The zero-order valence-corrected chi connectivity index (χ0v) is 30.8. The fourth-order valence-corrected chi connectivity index (χ4v) is 8.07. The number of anilines is 1. The third-order valence-corrected chi connectivity index (χ3v) is 10.9. The van der Waals surface area contributed by atoms with E-state index in [4.69, 9.17) is 24.2 Å². The highest BCUT2D eigenvalue weighted by Gasteiger charge is 2.40. The number of hydrogen-bond acceptors (Lipinski definition) is 9. The summed E-state index contributed by atoms with van der Waals surface area (Å²) < 4.78 is 59.8. The van der Waals surface area contributed by atoms with Crippen LogP contribution >= 0.6 is 0 Å². The van der Waals surface area contributed by atoms with Crippen molar-refractivity contribution in [3.05, 3.63) is 53.9 Å². The molecule has 1 aromatic carbocycles. The van der Waals surface area contributed by atoms with Gasteiger partial charge in [0.2, 0.25) is 0 Å². The minimum absolute atomic E-state index is 0.0197. The number of benzene rings is 1. The number of fused-ring (bicyclic) bond motifs is 1. The monoisotopic (exact) mass is 734 g/mol. The molecule has 3 fully saturated rings. The lowest BCUT2D eigenvalue weighted by Crippen LogP contribution is -2.39. The zero-order valence-electron chi connectivity index (χ0n) is 30.8. The molecule has 1 aliphatic heterocycles. The summed E-state index contributed by atoms with van der Waals surface area (Å²) >= 11 is 0. The van der Waals surface area contributed by atoms with Gasteiger partial charge in [-0.3, -0.25) is 9.78 Å². The first kappa shape index (κ1) is 37.1. The molecule has 1 saturated heterocycles. The second kappa shape index (κ2) is 15.6. The van der Waals surface area contributed by atoms with Crippen LogP contribution in [0.15, 0.2) is 42.6 Å². The van der Waals surface area contributed by atoms with Gasteiger partial charge in [-0.25, -0.2) is 9.97 Å². The van der Waals surface area contributed by atoms with Crippen LogP contribution in [0.3, 0.4) is 0 Å².